The highest BCUT2D eigenvalue weighted by Gasteiger charge is 2.24. The first-order valence-electron chi connectivity index (χ1n) is 8.41. The standard InChI is InChI=1S/C20H17ClN2O2S/c21-16-8-6-14(7-9-16)17-19(18(24)15-4-2-1-3-5-15)26-20(22-17)23-10-12-25-13-11-23/h1-9H,10-13H2. The zero-order valence-electron chi connectivity index (χ0n) is 14.0. The van der Waals surface area contributed by atoms with Crippen LogP contribution in [0.5, 0.6) is 0 Å². The van der Waals surface area contributed by atoms with Crippen LogP contribution in [0.25, 0.3) is 11.3 Å². The number of carbonyl (C=O) groups excluding carboxylic acids is 1. The molecule has 6 heteroatoms. The first-order valence-corrected chi connectivity index (χ1v) is 9.61. The van der Waals surface area contributed by atoms with Gasteiger partial charge in [0, 0.05) is 29.2 Å². The van der Waals surface area contributed by atoms with Gasteiger partial charge in [0.25, 0.3) is 0 Å². The van der Waals surface area contributed by atoms with Crippen molar-refractivity contribution in [2.24, 2.45) is 0 Å². The minimum atomic E-state index is -0.00689. The number of hydrogen-bond donors (Lipinski definition) is 0. The van der Waals surface area contributed by atoms with Crippen LogP contribution in [-0.4, -0.2) is 37.1 Å². The minimum absolute atomic E-state index is 0.00689. The van der Waals surface area contributed by atoms with Crippen molar-refractivity contribution in [2.75, 3.05) is 31.2 Å². The van der Waals surface area contributed by atoms with Gasteiger partial charge in [0.05, 0.1) is 18.9 Å². The van der Waals surface area contributed by atoms with Gasteiger partial charge in [0.15, 0.2) is 5.13 Å². The van der Waals surface area contributed by atoms with E-state index >= 15 is 0 Å². The summed E-state index contributed by atoms with van der Waals surface area (Å²) in [5.41, 5.74) is 2.27. The molecular weight excluding hydrogens is 368 g/mol. The molecule has 0 amide bonds. The number of morpholine rings is 1. The van der Waals surface area contributed by atoms with Gasteiger partial charge in [0.2, 0.25) is 5.78 Å². The third-order valence-corrected chi connectivity index (χ3v) is 5.62. The fraction of sp³-hybridized carbons (Fsp3) is 0.200. The number of ether oxygens (including phenoxy) is 1. The summed E-state index contributed by atoms with van der Waals surface area (Å²) in [4.78, 5) is 20.7. The summed E-state index contributed by atoms with van der Waals surface area (Å²) >= 11 is 7.46. The van der Waals surface area contributed by atoms with E-state index in [9.17, 15) is 4.79 Å². The highest BCUT2D eigenvalue weighted by Crippen LogP contribution is 2.35. The van der Waals surface area contributed by atoms with Crippen LogP contribution >= 0.6 is 22.9 Å². The maximum atomic E-state index is 13.1. The molecule has 0 radical (unpaired) electrons. The van der Waals surface area contributed by atoms with Crippen molar-refractivity contribution in [1.29, 1.82) is 0 Å². The highest BCUT2D eigenvalue weighted by atomic mass is 35.5. The molecule has 1 fully saturated rings. The summed E-state index contributed by atoms with van der Waals surface area (Å²) in [5, 5.41) is 1.52. The van der Waals surface area contributed by atoms with E-state index in [1.807, 2.05) is 54.6 Å². The maximum absolute atomic E-state index is 13.1. The molecule has 0 spiro atoms. The summed E-state index contributed by atoms with van der Waals surface area (Å²) in [7, 11) is 0. The second-order valence-electron chi connectivity index (χ2n) is 5.98. The van der Waals surface area contributed by atoms with Gasteiger partial charge in [-0.3, -0.25) is 4.79 Å². The largest absolute Gasteiger partial charge is 0.378 e. The average molecular weight is 385 g/mol. The topological polar surface area (TPSA) is 42.4 Å². The molecular formula is C20H17ClN2O2S. The Morgan fingerprint density at radius 1 is 1.04 bits per heavy atom. The van der Waals surface area contributed by atoms with E-state index in [4.69, 9.17) is 21.3 Å². The molecule has 2 heterocycles. The first kappa shape index (κ1) is 17.2. The normalized spacial score (nSPS) is 14.4. The number of aromatic nitrogens is 1. The summed E-state index contributed by atoms with van der Waals surface area (Å²) < 4.78 is 5.43. The van der Waals surface area contributed by atoms with Gasteiger partial charge in [-0.1, -0.05) is 65.4 Å². The second-order valence-corrected chi connectivity index (χ2v) is 7.39. The van der Waals surface area contributed by atoms with Gasteiger partial charge in [-0.25, -0.2) is 4.98 Å². The van der Waals surface area contributed by atoms with Crippen LogP contribution in [0, 0.1) is 0 Å². The van der Waals surface area contributed by atoms with E-state index in [2.05, 4.69) is 4.90 Å². The average Bonchev–Trinajstić information content (AvgIpc) is 3.15. The molecule has 1 aliphatic heterocycles. The molecule has 0 aliphatic carbocycles. The Morgan fingerprint density at radius 2 is 1.73 bits per heavy atom. The van der Waals surface area contributed by atoms with Gasteiger partial charge in [-0.05, 0) is 12.1 Å². The summed E-state index contributed by atoms with van der Waals surface area (Å²) in [6.45, 7) is 2.93. The number of ketones is 1. The Morgan fingerprint density at radius 3 is 2.42 bits per heavy atom. The van der Waals surface area contributed by atoms with Crippen molar-refractivity contribution in [3.8, 4) is 11.3 Å². The lowest BCUT2D eigenvalue weighted by Crippen LogP contribution is -2.36. The molecule has 1 aliphatic rings. The van der Waals surface area contributed by atoms with Crippen molar-refractivity contribution in [3.05, 3.63) is 70.1 Å². The van der Waals surface area contributed by atoms with E-state index < -0.39 is 0 Å². The van der Waals surface area contributed by atoms with E-state index in [1.54, 1.807) is 0 Å². The van der Waals surface area contributed by atoms with Crippen molar-refractivity contribution in [3.63, 3.8) is 0 Å². The predicted octanol–water partition coefficient (Wildman–Crippen LogP) is 4.53. The third-order valence-electron chi connectivity index (χ3n) is 4.26. The lowest BCUT2D eigenvalue weighted by Gasteiger charge is -2.26. The van der Waals surface area contributed by atoms with Gasteiger partial charge >= 0.3 is 0 Å². The van der Waals surface area contributed by atoms with Crippen molar-refractivity contribution >= 4 is 33.9 Å². The van der Waals surface area contributed by atoms with E-state index in [-0.39, 0.29) is 5.78 Å². The molecule has 3 aromatic rings. The van der Waals surface area contributed by atoms with Crippen LogP contribution in [0.3, 0.4) is 0 Å². The molecule has 0 atom stereocenters. The number of carbonyl (C=O) groups is 1. The van der Waals surface area contributed by atoms with E-state index in [0.717, 1.165) is 23.8 Å². The predicted molar refractivity (Wildman–Crippen MR) is 105 cm³/mol. The van der Waals surface area contributed by atoms with Crippen LogP contribution < -0.4 is 4.90 Å². The fourth-order valence-electron chi connectivity index (χ4n) is 2.88. The lowest BCUT2D eigenvalue weighted by atomic mass is 10.1. The Labute approximate surface area is 161 Å². The van der Waals surface area contributed by atoms with Crippen molar-refractivity contribution < 1.29 is 9.53 Å². The van der Waals surface area contributed by atoms with Crippen LogP contribution in [0.1, 0.15) is 15.2 Å². The van der Waals surface area contributed by atoms with Crippen LogP contribution in [0.2, 0.25) is 5.02 Å². The molecule has 132 valence electrons. The molecule has 0 N–H and O–H groups in total. The number of rotatable bonds is 4. The molecule has 0 saturated carbocycles. The number of halogens is 1. The Bertz CT molecular complexity index is 903. The number of nitrogens with zero attached hydrogens (tertiary/aromatic N) is 2. The SMILES string of the molecule is O=C(c1ccccc1)c1sc(N2CCOCC2)nc1-c1ccc(Cl)cc1. The van der Waals surface area contributed by atoms with Crippen LogP contribution in [-0.2, 0) is 4.74 Å². The number of hydrogen-bond acceptors (Lipinski definition) is 5. The number of thiazole rings is 1. The third kappa shape index (κ3) is 3.51. The quantitative estimate of drug-likeness (QED) is 0.620. The monoisotopic (exact) mass is 384 g/mol. The molecule has 4 nitrogen and oxygen atoms in total. The minimum Gasteiger partial charge on any atom is -0.378 e. The maximum Gasteiger partial charge on any atom is 0.205 e. The number of benzene rings is 2. The first-order chi connectivity index (χ1) is 12.7. The lowest BCUT2D eigenvalue weighted by molar-refractivity contribution is 0.104. The summed E-state index contributed by atoms with van der Waals surface area (Å²) in [6.07, 6.45) is 0. The van der Waals surface area contributed by atoms with Crippen LogP contribution in [0.4, 0.5) is 5.13 Å². The Kier molecular flexibility index (Phi) is 5.02. The highest BCUT2D eigenvalue weighted by molar-refractivity contribution is 7.18. The zero-order valence-corrected chi connectivity index (χ0v) is 15.6. The van der Waals surface area contributed by atoms with Crippen molar-refractivity contribution in [2.45, 2.75) is 0 Å². The smallest absolute Gasteiger partial charge is 0.205 e. The Balaban J connectivity index is 1.78. The number of anilines is 1. The molecule has 0 unspecified atom stereocenters. The summed E-state index contributed by atoms with van der Waals surface area (Å²) in [6, 6.07) is 16.8. The fourth-order valence-corrected chi connectivity index (χ4v) is 4.10. The molecule has 2 aromatic carbocycles. The van der Waals surface area contributed by atoms with E-state index in [1.165, 1.54) is 11.3 Å². The second kappa shape index (κ2) is 7.58. The van der Waals surface area contributed by atoms with Crippen molar-refractivity contribution in [1.82, 2.24) is 4.98 Å². The summed E-state index contributed by atoms with van der Waals surface area (Å²) in [5.74, 6) is -0.00689. The van der Waals surface area contributed by atoms with Gasteiger partial charge in [0.1, 0.15) is 4.88 Å². The molecule has 0 bridgehead atoms. The van der Waals surface area contributed by atoms with Gasteiger partial charge in [-0.2, -0.15) is 0 Å². The molecule has 1 saturated heterocycles. The Hall–Kier alpha value is -2.21. The van der Waals surface area contributed by atoms with Gasteiger partial charge in [-0.15, -0.1) is 0 Å². The zero-order chi connectivity index (χ0) is 17.9. The van der Waals surface area contributed by atoms with Gasteiger partial charge < -0.3 is 9.64 Å². The van der Waals surface area contributed by atoms with E-state index in [0.29, 0.717) is 34.4 Å². The van der Waals surface area contributed by atoms with Crippen LogP contribution in [0.15, 0.2) is 54.6 Å². The molecule has 1 aromatic heterocycles. The molecule has 4 rings (SSSR count). The molecule has 26 heavy (non-hydrogen) atoms.